The van der Waals surface area contributed by atoms with Gasteiger partial charge in [0.25, 0.3) is 0 Å². The summed E-state index contributed by atoms with van der Waals surface area (Å²) >= 11 is 3.34. The maximum absolute atomic E-state index is 13.3. The van der Waals surface area contributed by atoms with E-state index in [4.69, 9.17) is 0 Å². The molecule has 0 heterocycles. The van der Waals surface area contributed by atoms with Crippen LogP contribution in [0.15, 0.2) is 18.2 Å². The molecule has 0 aromatic heterocycles. The lowest BCUT2D eigenvalue weighted by molar-refractivity contribution is 0.294. The second kappa shape index (κ2) is 6.18. The summed E-state index contributed by atoms with van der Waals surface area (Å²) in [5.41, 5.74) is 0.541. The zero-order chi connectivity index (χ0) is 11.3. The average molecular weight is 278 g/mol. The third-order valence-corrected chi connectivity index (χ3v) is 2.61. The molecular weight excluding hydrogens is 264 g/mol. The highest BCUT2D eigenvalue weighted by atomic mass is 79.9. The highest BCUT2D eigenvalue weighted by Crippen LogP contribution is 2.12. The van der Waals surface area contributed by atoms with Gasteiger partial charge in [0.2, 0.25) is 0 Å². The molecule has 0 aliphatic rings. The van der Waals surface area contributed by atoms with Crippen molar-refractivity contribution in [1.29, 1.82) is 0 Å². The van der Waals surface area contributed by atoms with Crippen molar-refractivity contribution in [1.82, 2.24) is 4.90 Å². The van der Waals surface area contributed by atoms with Gasteiger partial charge in [-0.3, -0.25) is 4.90 Å². The summed E-state index contributed by atoms with van der Waals surface area (Å²) in [4.78, 5) is 2.09. The second-order valence-corrected chi connectivity index (χ2v) is 4.09. The van der Waals surface area contributed by atoms with E-state index in [1.165, 1.54) is 12.1 Å². The largest absolute Gasteiger partial charge is 0.298 e. The Morgan fingerprint density at radius 2 is 2.07 bits per heavy atom. The van der Waals surface area contributed by atoms with E-state index in [-0.39, 0.29) is 0 Å². The van der Waals surface area contributed by atoms with Gasteiger partial charge in [-0.1, -0.05) is 28.9 Å². The summed E-state index contributed by atoms with van der Waals surface area (Å²) in [5, 5.41) is 0.851. The molecule has 0 saturated carbocycles. The van der Waals surface area contributed by atoms with E-state index in [0.717, 1.165) is 24.5 Å². The number of benzene rings is 1. The minimum atomic E-state index is -0.528. The third kappa shape index (κ3) is 3.87. The lowest BCUT2D eigenvalue weighted by Gasteiger charge is -2.19. The van der Waals surface area contributed by atoms with Crippen LogP contribution in [0.1, 0.15) is 12.5 Å². The smallest absolute Gasteiger partial charge is 0.130 e. The van der Waals surface area contributed by atoms with Crippen molar-refractivity contribution in [2.75, 3.05) is 18.4 Å². The molecule has 0 unspecified atom stereocenters. The summed E-state index contributed by atoms with van der Waals surface area (Å²) in [7, 11) is 0. The van der Waals surface area contributed by atoms with E-state index < -0.39 is 11.6 Å². The van der Waals surface area contributed by atoms with Gasteiger partial charge in [0.15, 0.2) is 0 Å². The Morgan fingerprint density at radius 1 is 1.33 bits per heavy atom. The normalized spacial score (nSPS) is 11.0. The van der Waals surface area contributed by atoms with E-state index >= 15 is 0 Å². The SMILES string of the molecule is CCN(CCBr)Cc1ccc(F)cc1F. The van der Waals surface area contributed by atoms with E-state index in [2.05, 4.69) is 20.8 Å². The summed E-state index contributed by atoms with van der Waals surface area (Å²) < 4.78 is 26.0. The Morgan fingerprint density at radius 3 is 2.60 bits per heavy atom. The second-order valence-electron chi connectivity index (χ2n) is 3.29. The number of alkyl halides is 1. The quantitative estimate of drug-likeness (QED) is 0.748. The lowest BCUT2D eigenvalue weighted by atomic mass is 10.2. The molecule has 0 N–H and O–H groups in total. The minimum Gasteiger partial charge on any atom is -0.298 e. The van der Waals surface area contributed by atoms with Gasteiger partial charge in [0, 0.05) is 30.0 Å². The van der Waals surface area contributed by atoms with E-state index in [1.54, 1.807) is 0 Å². The van der Waals surface area contributed by atoms with Gasteiger partial charge >= 0.3 is 0 Å². The first kappa shape index (κ1) is 12.6. The Bertz CT molecular complexity index is 317. The Kier molecular flexibility index (Phi) is 5.19. The first-order valence-corrected chi connectivity index (χ1v) is 6.01. The highest BCUT2D eigenvalue weighted by molar-refractivity contribution is 9.09. The Hall–Kier alpha value is -0.480. The molecule has 1 rings (SSSR count). The molecule has 1 aromatic carbocycles. The monoisotopic (exact) mass is 277 g/mol. The predicted octanol–water partition coefficient (Wildman–Crippen LogP) is 3.18. The third-order valence-electron chi connectivity index (χ3n) is 2.26. The van der Waals surface area contributed by atoms with Crippen LogP contribution >= 0.6 is 15.9 Å². The van der Waals surface area contributed by atoms with Gasteiger partial charge in [0.05, 0.1) is 0 Å². The van der Waals surface area contributed by atoms with Crippen LogP contribution < -0.4 is 0 Å². The van der Waals surface area contributed by atoms with Gasteiger partial charge < -0.3 is 0 Å². The molecule has 0 bridgehead atoms. The van der Waals surface area contributed by atoms with Crippen molar-refractivity contribution in [3.05, 3.63) is 35.4 Å². The van der Waals surface area contributed by atoms with Gasteiger partial charge in [-0.2, -0.15) is 0 Å². The fourth-order valence-corrected chi connectivity index (χ4v) is 1.86. The average Bonchev–Trinajstić information content (AvgIpc) is 2.21. The van der Waals surface area contributed by atoms with Crippen LogP contribution in [0, 0.1) is 11.6 Å². The van der Waals surface area contributed by atoms with Crippen LogP contribution in [0.3, 0.4) is 0 Å². The molecular formula is C11H14BrF2N. The standard InChI is InChI=1S/C11H14BrF2N/c1-2-15(6-5-12)8-9-3-4-10(13)7-11(9)14/h3-4,7H,2,5-6,8H2,1H3. The van der Waals surface area contributed by atoms with Crippen LogP contribution in [-0.2, 0) is 6.54 Å². The van der Waals surface area contributed by atoms with Crippen LogP contribution in [0.25, 0.3) is 0 Å². The van der Waals surface area contributed by atoms with Gasteiger partial charge in [-0.15, -0.1) is 0 Å². The number of hydrogen-bond acceptors (Lipinski definition) is 1. The van der Waals surface area contributed by atoms with E-state index in [0.29, 0.717) is 12.1 Å². The zero-order valence-corrected chi connectivity index (χ0v) is 10.2. The highest BCUT2D eigenvalue weighted by Gasteiger charge is 2.07. The number of hydrogen-bond donors (Lipinski definition) is 0. The van der Waals surface area contributed by atoms with Crippen molar-refractivity contribution in [3.8, 4) is 0 Å². The lowest BCUT2D eigenvalue weighted by Crippen LogP contribution is -2.25. The maximum Gasteiger partial charge on any atom is 0.130 e. The summed E-state index contributed by atoms with van der Waals surface area (Å²) in [6.07, 6.45) is 0. The molecule has 1 nitrogen and oxygen atoms in total. The number of rotatable bonds is 5. The number of halogens is 3. The van der Waals surface area contributed by atoms with Gasteiger partial charge in [-0.05, 0) is 12.6 Å². The van der Waals surface area contributed by atoms with Gasteiger partial charge in [0.1, 0.15) is 11.6 Å². The van der Waals surface area contributed by atoms with E-state index in [9.17, 15) is 8.78 Å². The van der Waals surface area contributed by atoms with Crippen LogP contribution in [0.4, 0.5) is 8.78 Å². The molecule has 1 aromatic rings. The van der Waals surface area contributed by atoms with Gasteiger partial charge in [-0.25, -0.2) is 8.78 Å². The summed E-state index contributed by atoms with van der Waals surface area (Å²) in [6.45, 7) is 4.24. The topological polar surface area (TPSA) is 3.24 Å². The van der Waals surface area contributed by atoms with Crippen molar-refractivity contribution in [2.24, 2.45) is 0 Å². The molecule has 0 radical (unpaired) electrons. The fraction of sp³-hybridized carbons (Fsp3) is 0.455. The van der Waals surface area contributed by atoms with Crippen molar-refractivity contribution < 1.29 is 8.78 Å². The van der Waals surface area contributed by atoms with Crippen molar-refractivity contribution in [2.45, 2.75) is 13.5 Å². The Labute approximate surface area is 97.2 Å². The van der Waals surface area contributed by atoms with Crippen molar-refractivity contribution in [3.63, 3.8) is 0 Å². The molecule has 0 saturated heterocycles. The number of nitrogens with zero attached hydrogens (tertiary/aromatic N) is 1. The van der Waals surface area contributed by atoms with Crippen LogP contribution in [-0.4, -0.2) is 23.3 Å². The molecule has 15 heavy (non-hydrogen) atoms. The van der Waals surface area contributed by atoms with Crippen molar-refractivity contribution >= 4 is 15.9 Å². The zero-order valence-electron chi connectivity index (χ0n) is 8.64. The van der Waals surface area contributed by atoms with Crippen LogP contribution in [0.5, 0.6) is 0 Å². The first-order valence-electron chi connectivity index (χ1n) is 4.89. The maximum atomic E-state index is 13.3. The molecule has 4 heteroatoms. The van der Waals surface area contributed by atoms with Crippen LogP contribution in [0.2, 0.25) is 0 Å². The molecule has 0 amide bonds. The minimum absolute atomic E-state index is 0.469. The summed E-state index contributed by atoms with van der Waals surface area (Å²) in [5.74, 6) is -0.997. The van der Waals surface area contributed by atoms with E-state index in [1.807, 2.05) is 6.92 Å². The fourth-order valence-electron chi connectivity index (χ4n) is 1.36. The molecule has 0 aliphatic heterocycles. The predicted molar refractivity (Wildman–Crippen MR) is 61.1 cm³/mol. The summed E-state index contributed by atoms with van der Waals surface area (Å²) in [6, 6.07) is 3.72. The molecule has 0 spiro atoms. The molecule has 0 fully saturated rings. The molecule has 0 aliphatic carbocycles. The first-order chi connectivity index (χ1) is 7.17. The Balaban J connectivity index is 2.70. The molecule has 0 atom stereocenters. The molecule has 84 valence electrons.